The molecule has 0 aromatic heterocycles. The molecule has 128 valence electrons. The lowest BCUT2D eigenvalue weighted by Crippen LogP contribution is -2.50. The smallest absolute Gasteiger partial charge is 0.315 e. The van der Waals surface area contributed by atoms with Crippen LogP contribution in [0.3, 0.4) is 0 Å². The molecule has 0 saturated heterocycles. The summed E-state index contributed by atoms with van der Waals surface area (Å²) >= 11 is 3.43. The van der Waals surface area contributed by atoms with E-state index in [4.69, 9.17) is 0 Å². The maximum Gasteiger partial charge on any atom is 0.315 e. The van der Waals surface area contributed by atoms with E-state index in [1.165, 1.54) is 0 Å². The average molecular weight is 384 g/mol. The molecule has 3 N–H and O–H groups in total. The fourth-order valence-electron chi connectivity index (χ4n) is 2.22. The number of benzene rings is 1. The maximum atomic E-state index is 12.5. The fourth-order valence-corrected chi connectivity index (χ4v) is 2.64. The summed E-state index contributed by atoms with van der Waals surface area (Å²) in [4.78, 5) is 24.2. The van der Waals surface area contributed by atoms with E-state index in [1.807, 2.05) is 38.1 Å². The lowest BCUT2D eigenvalue weighted by atomic mass is 10.1. The van der Waals surface area contributed by atoms with Crippen LogP contribution >= 0.6 is 15.9 Å². The highest BCUT2D eigenvalue weighted by Crippen LogP contribution is 2.18. The van der Waals surface area contributed by atoms with Crippen LogP contribution in [0.15, 0.2) is 28.7 Å². The van der Waals surface area contributed by atoms with Crippen molar-refractivity contribution in [3.05, 3.63) is 34.3 Å². The Hall–Kier alpha value is -1.56. The van der Waals surface area contributed by atoms with E-state index in [1.54, 1.807) is 0 Å². The number of hydrogen-bond acceptors (Lipinski definition) is 2. The monoisotopic (exact) mass is 383 g/mol. The van der Waals surface area contributed by atoms with E-state index in [2.05, 4.69) is 38.8 Å². The minimum atomic E-state index is -0.517. The molecule has 6 heteroatoms. The molecule has 1 aromatic rings. The van der Waals surface area contributed by atoms with E-state index >= 15 is 0 Å². The molecule has 0 aliphatic heterocycles. The van der Waals surface area contributed by atoms with Gasteiger partial charge in [0.1, 0.15) is 6.04 Å². The first-order chi connectivity index (χ1) is 11.0. The molecule has 0 heterocycles. The van der Waals surface area contributed by atoms with Crippen LogP contribution < -0.4 is 16.0 Å². The number of rotatable bonds is 8. The van der Waals surface area contributed by atoms with Crippen molar-refractivity contribution in [2.24, 2.45) is 0 Å². The first kappa shape index (κ1) is 19.5. The largest absolute Gasteiger partial charge is 0.348 e. The normalized spacial score (nSPS) is 13.0. The Morgan fingerprint density at radius 1 is 1.22 bits per heavy atom. The molecule has 0 fully saturated rings. The summed E-state index contributed by atoms with van der Waals surface area (Å²) in [5.74, 6) is -0.155. The molecule has 5 nitrogen and oxygen atoms in total. The minimum Gasteiger partial charge on any atom is -0.348 e. The van der Waals surface area contributed by atoms with Crippen LogP contribution in [0.4, 0.5) is 4.79 Å². The van der Waals surface area contributed by atoms with Crippen LogP contribution in [0.1, 0.15) is 51.6 Å². The predicted molar refractivity (Wildman–Crippen MR) is 96.2 cm³/mol. The van der Waals surface area contributed by atoms with E-state index in [0.717, 1.165) is 22.9 Å². The van der Waals surface area contributed by atoms with Gasteiger partial charge < -0.3 is 16.0 Å². The van der Waals surface area contributed by atoms with Crippen molar-refractivity contribution in [1.29, 1.82) is 0 Å². The van der Waals surface area contributed by atoms with Gasteiger partial charge in [-0.05, 0) is 38.0 Å². The number of halogens is 1. The number of hydrogen-bond donors (Lipinski definition) is 3. The van der Waals surface area contributed by atoms with Crippen molar-refractivity contribution >= 4 is 27.9 Å². The SMILES string of the molecule is CCCC[C@H](NC(=O)NCC)C(=O)N[C@@H](C)c1cccc(Br)c1. The van der Waals surface area contributed by atoms with Crippen molar-refractivity contribution in [2.45, 2.75) is 52.1 Å². The number of nitrogens with one attached hydrogen (secondary N) is 3. The predicted octanol–water partition coefficient (Wildman–Crippen LogP) is 3.50. The zero-order chi connectivity index (χ0) is 17.2. The van der Waals surface area contributed by atoms with Gasteiger partial charge in [-0.15, -0.1) is 0 Å². The molecule has 2 atom stereocenters. The molecule has 0 spiro atoms. The van der Waals surface area contributed by atoms with Gasteiger partial charge in [0.2, 0.25) is 5.91 Å². The Bertz CT molecular complexity index is 522. The Balaban J connectivity index is 2.69. The number of urea groups is 1. The molecule has 1 aromatic carbocycles. The quantitative estimate of drug-likeness (QED) is 0.642. The highest BCUT2D eigenvalue weighted by molar-refractivity contribution is 9.10. The lowest BCUT2D eigenvalue weighted by molar-refractivity contribution is -0.123. The first-order valence-electron chi connectivity index (χ1n) is 8.08. The summed E-state index contributed by atoms with van der Waals surface area (Å²) < 4.78 is 0.971. The number of unbranched alkanes of at least 4 members (excludes halogenated alkanes) is 1. The van der Waals surface area contributed by atoms with Gasteiger partial charge in [-0.25, -0.2) is 4.79 Å². The average Bonchev–Trinajstić information content (AvgIpc) is 2.51. The van der Waals surface area contributed by atoms with E-state index in [9.17, 15) is 9.59 Å². The van der Waals surface area contributed by atoms with Gasteiger partial charge in [-0.1, -0.05) is 47.8 Å². The summed E-state index contributed by atoms with van der Waals surface area (Å²) in [5, 5.41) is 8.39. The molecule has 0 aliphatic carbocycles. The summed E-state index contributed by atoms with van der Waals surface area (Å²) in [7, 11) is 0. The second-order valence-corrected chi connectivity index (χ2v) is 6.40. The highest BCUT2D eigenvalue weighted by atomic mass is 79.9. The standard InChI is InChI=1S/C17H26BrN3O2/c1-4-6-10-15(21-17(23)19-5-2)16(22)20-12(3)13-8-7-9-14(18)11-13/h7-9,11-12,15H,4-6,10H2,1-3H3,(H,20,22)(H2,19,21,23)/t12-,15-/m0/s1. The number of carbonyl (C=O) groups is 2. The third-order valence-electron chi connectivity index (χ3n) is 3.51. The number of amides is 3. The summed E-state index contributed by atoms with van der Waals surface area (Å²) in [6.07, 6.45) is 2.49. The van der Waals surface area contributed by atoms with Crippen molar-refractivity contribution in [1.82, 2.24) is 16.0 Å². The molecule has 0 saturated carbocycles. The summed E-state index contributed by atoms with van der Waals surface area (Å²) in [6, 6.07) is 6.87. The first-order valence-corrected chi connectivity index (χ1v) is 8.87. The van der Waals surface area contributed by atoms with Crippen molar-refractivity contribution in [2.75, 3.05) is 6.54 Å². The fraction of sp³-hybridized carbons (Fsp3) is 0.529. The van der Waals surface area contributed by atoms with Crippen molar-refractivity contribution in [3.8, 4) is 0 Å². The third-order valence-corrected chi connectivity index (χ3v) is 4.01. The van der Waals surface area contributed by atoms with Crippen LogP contribution in [-0.4, -0.2) is 24.5 Å². The molecule has 3 amide bonds. The van der Waals surface area contributed by atoms with Gasteiger partial charge in [0.25, 0.3) is 0 Å². The van der Waals surface area contributed by atoms with Crippen molar-refractivity contribution in [3.63, 3.8) is 0 Å². The maximum absolute atomic E-state index is 12.5. The van der Waals surface area contributed by atoms with Crippen LogP contribution in [0.25, 0.3) is 0 Å². The minimum absolute atomic E-state index is 0.125. The van der Waals surface area contributed by atoms with Crippen LogP contribution in [0.2, 0.25) is 0 Å². The zero-order valence-corrected chi connectivity index (χ0v) is 15.6. The van der Waals surface area contributed by atoms with Gasteiger partial charge in [-0.3, -0.25) is 4.79 Å². The Kier molecular flexibility index (Phi) is 8.69. The third kappa shape index (κ3) is 7.03. The van der Waals surface area contributed by atoms with Crippen LogP contribution in [-0.2, 0) is 4.79 Å². The molecule has 0 aliphatic rings. The summed E-state index contributed by atoms with van der Waals surface area (Å²) in [6.45, 7) is 6.37. The second-order valence-electron chi connectivity index (χ2n) is 5.48. The second kappa shape index (κ2) is 10.3. The van der Waals surface area contributed by atoms with Crippen LogP contribution in [0, 0.1) is 0 Å². The topological polar surface area (TPSA) is 70.2 Å². The lowest BCUT2D eigenvalue weighted by Gasteiger charge is -2.21. The number of carbonyl (C=O) groups excluding carboxylic acids is 2. The summed E-state index contributed by atoms with van der Waals surface area (Å²) in [5.41, 5.74) is 1.01. The molecule has 0 unspecified atom stereocenters. The van der Waals surface area contributed by atoms with Gasteiger partial charge in [0, 0.05) is 11.0 Å². The zero-order valence-electron chi connectivity index (χ0n) is 14.0. The van der Waals surface area contributed by atoms with E-state index in [0.29, 0.717) is 13.0 Å². The van der Waals surface area contributed by atoms with Crippen molar-refractivity contribution < 1.29 is 9.59 Å². The molecule has 1 rings (SSSR count). The Labute approximate surface area is 146 Å². The van der Waals surface area contributed by atoms with E-state index in [-0.39, 0.29) is 18.0 Å². The molecule has 0 radical (unpaired) electrons. The van der Waals surface area contributed by atoms with Crippen LogP contribution in [0.5, 0.6) is 0 Å². The highest BCUT2D eigenvalue weighted by Gasteiger charge is 2.21. The van der Waals surface area contributed by atoms with E-state index < -0.39 is 6.04 Å². The Morgan fingerprint density at radius 2 is 1.96 bits per heavy atom. The molecule has 23 heavy (non-hydrogen) atoms. The molecular formula is C17H26BrN3O2. The van der Waals surface area contributed by atoms with Gasteiger partial charge in [-0.2, -0.15) is 0 Å². The van der Waals surface area contributed by atoms with Gasteiger partial charge in [0.15, 0.2) is 0 Å². The Morgan fingerprint density at radius 3 is 2.57 bits per heavy atom. The van der Waals surface area contributed by atoms with Gasteiger partial charge >= 0.3 is 6.03 Å². The van der Waals surface area contributed by atoms with Gasteiger partial charge in [0.05, 0.1) is 6.04 Å². The molecule has 0 bridgehead atoms. The molecular weight excluding hydrogens is 358 g/mol.